The molecule has 0 bridgehead atoms. The summed E-state index contributed by atoms with van der Waals surface area (Å²) in [6.45, 7) is 3.08. The molecule has 2 aliphatic heterocycles. The summed E-state index contributed by atoms with van der Waals surface area (Å²) in [5.41, 5.74) is 0. The van der Waals surface area contributed by atoms with Crippen LogP contribution in [-0.2, 0) is 4.79 Å². The van der Waals surface area contributed by atoms with Crippen LogP contribution in [0.3, 0.4) is 0 Å². The fourth-order valence-electron chi connectivity index (χ4n) is 2.72. The third-order valence-corrected chi connectivity index (χ3v) is 3.86. The standard InChI is InChI=1S/C12H21N3O4/c16-10(11(17)18)7-13-12(19)15-6-5-14-4-2-1-3-9(14)8-15/h9-10,16H,1-8H2,(H,13,19)(H,17,18). The van der Waals surface area contributed by atoms with E-state index in [0.29, 0.717) is 19.1 Å². The molecule has 3 N–H and O–H groups in total. The highest BCUT2D eigenvalue weighted by molar-refractivity contribution is 5.76. The molecule has 2 amide bonds. The van der Waals surface area contributed by atoms with E-state index in [9.17, 15) is 9.59 Å². The number of nitrogens with zero attached hydrogens (tertiary/aromatic N) is 2. The number of hydrogen-bond donors (Lipinski definition) is 3. The molecule has 108 valence electrons. The maximum absolute atomic E-state index is 11.9. The summed E-state index contributed by atoms with van der Waals surface area (Å²) in [4.78, 5) is 26.5. The Balaban J connectivity index is 1.78. The van der Waals surface area contributed by atoms with Gasteiger partial charge in [0.15, 0.2) is 6.10 Å². The van der Waals surface area contributed by atoms with Crippen molar-refractivity contribution < 1.29 is 19.8 Å². The Morgan fingerprint density at radius 1 is 1.26 bits per heavy atom. The number of hydrogen-bond acceptors (Lipinski definition) is 4. The van der Waals surface area contributed by atoms with Gasteiger partial charge in [-0.25, -0.2) is 9.59 Å². The molecular formula is C12H21N3O4. The average Bonchev–Trinajstić information content (AvgIpc) is 2.43. The van der Waals surface area contributed by atoms with Crippen molar-refractivity contribution >= 4 is 12.0 Å². The molecule has 2 heterocycles. The predicted molar refractivity (Wildman–Crippen MR) is 67.8 cm³/mol. The lowest BCUT2D eigenvalue weighted by atomic mass is 10.00. The van der Waals surface area contributed by atoms with Gasteiger partial charge in [-0.2, -0.15) is 0 Å². The first-order valence-corrected chi connectivity index (χ1v) is 6.75. The summed E-state index contributed by atoms with van der Waals surface area (Å²) in [5, 5.41) is 20.1. The number of carboxylic acids is 1. The van der Waals surface area contributed by atoms with Gasteiger partial charge < -0.3 is 20.4 Å². The molecule has 2 saturated heterocycles. The molecule has 2 unspecified atom stereocenters. The van der Waals surface area contributed by atoms with E-state index in [-0.39, 0.29) is 12.6 Å². The first-order chi connectivity index (χ1) is 9.08. The highest BCUT2D eigenvalue weighted by Gasteiger charge is 2.31. The second kappa shape index (κ2) is 6.21. The van der Waals surface area contributed by atoms with Crippen LogP contribution in [0.2, 0.25) is 0 Å². The highest BCUT2D eigenvalue weighted by Crippen LogP contribution is 2.20. The maximum atomic E-state index is 11.9. The van der Waals surface area contributed by atoms with Gasteiger partial charge in [-0.3, -0.25) is 4.90 Å². The second-order valence-corrected chi connectivity index (χ2v) is 5.17. The number of aliphatic hydroxyl groups excluding tert-OH is 1. The Bertz CT molecular complexity index is 350. The number of carbonyl (C=O) groups is 2. The van der Waals surface area contributed by atoms with Crippen molar-refractivity contribution in [2.45, 2.75) is 31.4 Å². The Kier molecular flexibility index (Phi) is 4.60. The number of fused-ring (bicyclic) bond motifs is 1. The maximum Gasteiger partial charge on any atom is 0.334 e. The number of carbonyl (C=O) groups excluding carboxylic acids is 1. The number of piperidine rings is 1. The molecule has 0 aromatic rings. The number of aliphatic hydroxyl groups is 1. The van der Waals surface area contributed by atoms with Crippen LogP contribution in [0.5, 0.6) is 0 Å². The third-order valence-electron chi connectivity index (χ3n) is 3.86. The zero-order chi connectivity index (χ0) is 13.8. The first-order valence-electron chi connectivity index (χ1n) is 6.75. The van der Waals surface area contributed by atoms with E-state index < -0.39 is 12.1 Å². The van der Waals surface area contributed by atoms with Crippen molar-refractivity contribution in [2.24, 2.45) is 0 Å². The summed E-state index contributed by atoms with van der Waals surface area (Å²) < 4.78 is 0. The second-order valence-electron chi connectivity index (χ2n) is 5.17. The highest BCUT2D eigenvalue weighted by atomic mass is 16.4. The fraction of sp³-hybridized carbons (Fsp3) is 0.833. The molecule has 0 saturated carbocycles. The van der Waals surface area contributed by atoms with Gasteiger partial charge in [0.2, 0.25) is 0 Å². The van der Waals surface area contributed by atoms with Gasteiger partial charge in [-0.15, -0.1) is 0 Å². The lowest BCUT2D eigenvalue weighted by Gasteiger charge is -2.43. The van der Waals surface area contributed by atoms with Crippen molar-refractivity contribution in [3.8, 4) is 0 Å². The Labute approximate surface area is 112 Å². The summed E-state index contributed by atoms with van der Waals surface area (Å²) in [7, 11) is 0. The SMILES string of the molecule is O=C(O)C(O)CNC(=O)N1CCN2CCCCC2C1. The monoisotopic (exact) mass is 271 g/mol. The summed E-state index contributed by atoms with van der Waals surface area (Å²) >= 11 is 0. The van der Waals surface area contributed by atoms with Gasteiger partial charge >= 0.3 is 12.0 Å². The Hall–Kier alpha value is -1.34. The van der Waals surface area contributed by atoms with Crippen molar-refractivity contribution in [3.63, 3.8) is 0 Å². The largest absolute Gasteiger partial charge is 0.479 e. The summed E-state index contributed by atoms with van der Waals surface area (Å²) in [6.07, 6.45) is 2.00. The van der Waals surface area contributed by atoms with Gasteiger partial charge in [0.1, 0.15) is 0 Å². The van der Waals surface area contributed by atoms with Crippen LogP contribution in [-0.4, -0.2) is 76.9 Å². The van der Waals surface area contributed by atoms with Crippen LogP contribution in [0.25, 0.3) is 0 Å². The van der Waals surface area contributed by atoms with Crippen LogP contribution in [0.1, 0.15) is 19.3 Å². The van der Waals surface area contributed by atoms with Crippen LogP contribution < -0.4 is 5.32 Å². The zero-order valence-electron chi connectivity index (χ0n) is 10.9. The van der Waals surface area contributed by atoms with Gasteiger partial charge in [-0.1, -0.05) is 6.42 Å². The quantitative estimate of drug-likeness (QED) is 0.632. The van der Waals surface area contributed by atoms with Crippen molar-refractivity contribution in [1.82, 2.24) is 15.1 Å². The van der Waals surface area contributed by atoms with E-state index in [0.717, 1.165) is 19.5 Å². The molecule has 2 fully saturated rings. The fourth-order valence-corrected chi connectivity index (χ4v) is 2.72. The van der Waals surface area contributed by atoms with E-state index in [1.54, 1.807) is 4.90 Å². The van der Waals surface area contributed by atoms with Crippen LogP contribution in [0.15, 0.2) is 0 Å². The van der Waals surface area contributed by atoms with Gasteiger partial charge in [-0.05, 0) is 19.4 Å². The molecule has 0 spiro atoms. The lowest BCUT2D eigenvalue weighted by molar-refractivity contribution is -0.146. The van der Waals surface area contributed by atoms with E-state index in [4.69, 9.17) is 10.2 Å². The molecule has 7 nitrogen and oxygen atoms in total. The number of amides is 2. The van der Waals surface area contributed by atoms with Crippen LogP contribution in [0, 0.1) is 0 Å². The molecule has 2 aliphatic rings. The van der Waals surface area contributed by atoms with Crippen molar-refractivity contribution in [1.29, 1.82) is 0 Å². The zero-order valence-corrected chi connectivity index (χ0v) is 10.9. The Morgan fingerprint density at radius 2 is 2.05 bits per heavy atom. The van der Waals surface area contributed by atoms with Crippen molar-refractivity contribution in [2.75, 3.05) is 32.7 Å². The molecule has 2 atom stereocenters. The van der Waals surface area contributed by atoms with E-state index in [2.05, 4.69) is 10.2 Å². The molecule has 0 aromatic carbocycles. The summed E-state index contributed by atoms with van der Waals surface area (Å²) in [6, 6.07) is 0.142. The van der Waals surface area contributed by atoms with Crippen molar-refractivity contribution in [3.05, 3.63) is 0 Å². The van der Waals surface area contributed by atoms with Gasteiger partial charge in [0.05, 0.1) is 6.54 Å². The minimum atomic E-state index is -1.54. The number of urea groups is 1. The molecule has 2 rings (SSSR count). The summed E-state index contributed by atoms with van der Waals surface area (Å²) in [5.74, 6) is -1.32. The van der Waals surface area contributed by atoms with Gasteiger partial charge in [0.25, 0.3) is 0 Å². The van der Waals surface area contributed by atoms with E-state index in [1.807, 2.05) is 0 Å². The van der Waals surface area contributed by atoms with Crippen LogP contribution >= 0.6 is 0 Å². The Morgan fingerprint density at radius 3 is 2.79 bits per heavy atom. The average molecular weight is 271 g/mol. The number of aliphatic carboxylic acids is 1. The van der Waals surface area contributed by atoms with E-state index >= 15 is 0 Å². The van der Waals surface area contributed by atoms with E-state index in [1.165, 1.54) is 12.8 Å². The molecule has 0 radical (unpaired) electrons. The normalized spacial score (nSPS) is 25.5. The lowest BCUT2D eigenvalue weighted by Crippen LogP contribution is -2.58. The molecular weight excluding hydrogens is 250 g/mol. The molecule has 0 aromatic heterocycles. The molecule has 19 heavy (non-hydrogen) atoms. The smallest absolute Gasteiger partial charge is 0.334 e. The minimum absolute atomic E-state index is 0.251. The molecule has 7 heteroatoms. The van der Waals surface area contributed by atoms with Crippen LogP contribution in [0.4, 0.5) is 4.79 Å². The first kappa shape index (κ1) is 14.1. The predicted octanol–water partition coefficient (Wildman–Crippen LogP) is -0.688. The number of nitrogens with one attached hydrogen (secondary N) is 1. The van der Waals surface area contributed by atoms with Gasteiger partial charge in [0, 0.05) is 25.7 Å². The number of carboxylic acid groups (broad SMARTS) is 1. The minimum Gasteiger partial charge on any atom is -0.479 e. The molecule has 0 aliphatic carbocycles. The number of rotatable bonds is 3. The topological polar surface area (TPSA) is 93.1 Å². The number of piperazine rings is 1. The third kappa shape index (κ3) is 3.57.